The highest BCUT2D eigenvalue weighted by molar-refractivity contribution is 5.84. The molecule has 0 fully saturated rings. The monoisotopic (exact) mass is 285 g/mol. The van der Waals surface area contributed by atoms with Crippen molar-refractivity contribution in [2.45, 2.75) is 38.6 Å². The Hall–Kier alpha value is -1.98. The zero-order valence-corrected chi connectivity index (χ0v) is 11.2. The number of benzene rings is 1. The third-order valence-electron chi connectivity index (χ3n) is 2.83. The van der Waals surface area contributed by atoms with Gasteiger partial charge in [0.2, 0.25) is 5.91 Å². The number of carbonyl (C=O) groups is 2. The highest BCUT2D eigenvalue weighted by atomic mass is 19.2. The van der Waals surface area contributed by atoms with Crippen LogP contribution in [0.15, 0.2) is 18.2 Å². The fourth-order valence-corrected chi connectivity index (χ4v) is 1.75. The minimum atomic E-state index is -1.10. The van der Waals surface area contributed by atoms with Gasteiger partial charge in [0, 0.05) is 0 Å². The number of hydrogen-bond acceptors (Lipinski definition) is 2. The molecule has 0 bridgehead atoms. The molecule has 1 aromatic rings. The van der Waals surface area contributed by atoms with Crippen molar-refractivity contribution in [2.75, 3.05) is 0 Å². The summed E-state index contributed by atoms with van der Waals surface area (Å²) in [6.45, 7) is 1.92. The molecule has 0 spiro atoms. The molecule has 2 N–H and O–H groups in total. The van der Waals surface area contributed by atoms with Crippen LogP contribution < -0.4 is 5.32 Å². The Morgan fingerprint density at radius 3 is 2.55 bits per heavy atom. The van der Waals surface area contributed by atoms with Crippen LogP contribution in [0.2, 0.25) is 0 Å². The number of unbranched alkanes of at least 4 members (excludes halogenated alkanes) is 1. The average molecular weight is 285 g/mol. The van der Waals surface area contributed by atoms with Gasteiger partial charge in [0.1, 0.15) is 6.04 Å². The van der Waals surface area contributed by atoms with Crippen LogP contribution in [0.25, 0.3) is 0 Å². The van der Waals surface area contributed by atoms with Crippen LogP contribution in [0.3, 0.4) is 0 Å². The zero-order valence-electron chi connectivity index (χ0n) is 11.2. The van der Waals surface area contributed by atoms with E-state index in [-0.39, 0.29) is 6.42 Å². The average Bonchev–Trinajstić information content (AvgIpc) is 2.38. The molecule has 1 rings (SSSR count). The lowest BCUT2D eigenvalue weighted by atomic mass is 10.1. The smallest absolute Gasteiger partial charge is 0.326 e. The van der Waals surface area contributed by atoms with Crippen molar-refractivity contribution >= 4 is 11.9 Å². The van der Waals surface area contributed by atoms with E-state index in [1.165, 1.54) is 6.07 Å². The maximum Gasteiger partial charge on any atom is 0.326 e. The van der Waals surface area contributed by atoms with Crippen LogP contribution in [-0.4, -0.2) is 23.0 Å². The first-order valence-corrected chi connectivity index (χ1v) is 6.40. The van der Waals surface area contributed by atoms with E-state index in [2.05, 4.69) is 5.32 Å². The SMILES string of the molecule is CCCCC(NC(=O)Cc1ccc(F)c(F)c1)C(=O)O. The molecule has 0 aliphatic heterocycles. The number of rotatable bonds is 7. The molecule has 20 heavy (non-hydrogen) atoms. The van der Waals surface area contributed by atoms with Crippen molar-refractivity contribution < 1.29 is 23.5 Å². The summed E-state index contributed by atoms with van der Waals surface area (Å²) in [5.74, 6) is -3.65. The molecule has 0 aromatic heterocycles. The van der Waals surface area contributed by atoms with Gasteiger partial charge in [0.05, 0.1) is 6.42 Å². The number of carboxylic acids is 1. The molecule has 6 heteroatoms. The first-order chi connectivity index (χ1) is 9.43. The van der Waals surface area contributed by atoms with Crippen molar-refractivity contribution in [3.05, 3.63) is 35.4 Å². The zero-order chi connectivity index (χ0) is 15.1. The molecule has 0 heterocycles. The standard InChI is InChI=1S/C14H17F2NO3/c1-2-3-4-12(14(19)20)17-13(18)8-9-5-6-10(15)11(16)7-9/h5-7,12H,2-4,8H2,1H3,(H,17,18)(H,19,20). The molecular weight excluding hydrogens is 268 g/mol. The van der Waals surface area contributed by atoms with Crippen molar-refractivity contribution in [1.82, 2.24) is 5.32 Å². The Balaban J connectivity index is 2.60. The lowest BCUT2D eigenvalue weighted by Gasteiger charge is -2.14. The molecule has 1 aromatic carbocycles. The molecule has 110 valence electrons. The summed E-state index contributed by atoms with van der Waals surface area (Å²) >= 11 is 0. The number of nitrogens with one attached hydrogen (secondary N) is 1. The van der Waals surface area contributed by atoms with Crippen molar-refractivity contribution in [1.29, 1.82) is 0 Å². The van der Waals surface area contributed by atoms with E-state index >= 15 is 0 Å². The summed E-state index contributed by atoms with van der Waals surface area (Å²) in [7, 11) is 0. The molecule has 0 aliphatic rings. The van der Waals surface area contributed by atoms with Crippen molar-refractivity contribution in [3.8, 4) is 0 Å². The van der Waals surface area contributed by atoms with Gasteiger partial charge in [-0.3, -0.25) is 4.79 Å². The summed E-state index contributed by atoms with van der Waals surface area (Å²) in [4.78, 5) is 22.7. The second-order valence-electron chi connectivity index (χ2n) is 4.53. The van der Waals surface area contributed by atoms with Gasteiger partial charge in [-0.1, -0.05) is 25.8 Å². The molecule has 1 unspecified atom stereocenters. The number of carbonyl (C=O) groups excluding carboxylic acids is 1. The minimum Gasteiger partial charge on any atom is -0.480 e. The van der Waals surface area contributed by atoms with Gasteiger partial charge in [-0.25, -0.2) is 13.6 Å². The van der Waals surface area contributed by atoms with E-state index in [9.17, 15) is 18.4 Å². The predicted molar refractivity (Wildman–Crippen MR) is 69.2 cm³/mol. The van der Waals surface area contributed by atoms with E-state index in [4.69, 9.17) is 5.11 Å². The quantitative estimate of drug-likeness (QED) is 0.807. The van der Waals surface area contributed by atoms with E-state index in [1.807, 2.05) is 6.92 Å². The molecule has 1 amide bonds. The van der Waals surface area contributed by atoms with Crippen LogP contribution >= 0.6 is 0 Å². The van der Waals surface area contributed by atoms with Gasteiger partial charge >= 0.3 is 5.97 Å². The van der Waals surface area contributed by atoms with Gasteiger partial charge in [0.25, 0.3) is 0 Å². The Kier molecular flexibility index (Phi) is 6.09. The Bertz CT molecular complexity index is 491. The highest BCUT2D eigenvalue weighted by Crippen LogP contribution is 2.09. The molecular formula is C14H17F2NO3. The van der Waals surface area contributed by atoms with Crippen molar-refractivity contribution in [2.24, 2.45) is 0 Å². The molecule has 0 saturated heterocycles. The summed E-state index contributed by atoms with van der Waals surface area (Å²) in [5, 5.41) is 11.4. The van der Waals surface area contributed by atoms with E-state index < -0.39 is 29.6 Å². The summed E-state index contributed by atoms with van der Waals surface area (Å²) in [6.07, 6.45) is 1.66. The number of carboxylic acid groups (broad SMARTS) is 1. The Morgan fingerprint density at radius 2 is 2.00 bits per heavy atom. The third-order valence-corrected chi connectivity index (χ3v) is 2.83. The van der Waals surface area contributed by atoms with E-state index in [0.717, 1.165) is 18.6 Å². The van der Waals surface area contributed by atoms with Crippen LogP contribution in [-0.2, 0) is 16.0 Å². The van der Waals surface area contributed by atoms with Gasteiger partial charge < -0.3 is 10.4 Å². The van der Waals surface area contributed by atoms with Gasteiger partial charge in [-0.05, 0) is 24.1 Å². The highest BCUT2D eigenvalue weighted by Gasteiger charge is 2.19. The summed E-state index contributed by atoms with van der Waals surface area (Å²) in [5.41, 5.74) is 0.293. The lowest BCUT2D eigenvalue weighted by molar-refractivity contribution is -0.142. The largest absolute Gasteiger partial charge is 0.480 e. The first-order valence-electron chi connectivity index (χ1n) is 6.40. The minimum absolute atomic E-state index is 0.187. The van der Waals surface area contributed by atoms with Crippen molar-refractivity contribution in [3.63, 3.8) is 0 Å². The van der Waals surface area contributed by atoms with Gasteiger partial charge in [0.15, 0.2) is 11.6 Å². The topological polar surface area (TPSA) is 66.4 Å². The third kappa shape index (κ3) is 4.95. The Morgan fingerprint density at radius 1 is 1.30 bits per heavy atom. The normalized spacial score (nSPS) is 11.9. The molecule has 0 aliphatic carbocycles. The van der Waals surface area contributed by atoms with Gasteiger partial charge in [-0.15, -0.1) is 0 Å². The fourth-order valence-electron chi connectivity index (χ4n) is 1.75. The lowest BCUT2D eigenvalue weighted by Crippen LogP contribution is -2.41. The Labute approximate surface area is 115 Å². The van der Waals surface area contributed by atoms with Crippen LogP contribution in [0.5, 0.6) is 0 Å². The number of amides is 1. The number of hydrogen-bond donors (Lipinski definition) is 2. The number of aliphatic carboxylic acids is 1. The summed E-state index contributed by atoms with van der Waals surface area (Å²) < 4.78 is 25.7. The number of halogens is 2. The van der Waals surface area contributed by atoms with E-state index in [1.54, 1.807) is 0 Å². The van der Waals surface area contributed by atoms with Crippen LogP contribution in [0.4, 0.5) is 8.78 Å². The molecule has 0 radical (unpaired) electrons. The summed E-state index contributed by atoms with van der Waals surface area (Å²) in [6, 6.07) is 2.20. The second kappa shape index (κ2) is 7.57. The van der Waals surface area contributed by atoms with Crippen LogP contribution in [0.1, 0.15) is 31.7 Å². The first kappa shape index (κ1) is 16.1. The predicted octanol–water partition coefficient (Wildman–Crippen LogP) is 2.27. The van der Waals surface area contributed by atoms with E-state index in [0.29, 0.717) is 18.4 Å². The molecule has 0 saturated carbocycles. The second-order valence-corrected chi connectivity index (χ2v) is 4.53. The van der Waals surface area contributed by atoms with Gasteiger partial charge in [-0.2, -0.15) is 0 Å². The maximum absolute atomic E-state index is 13.0. The molecule has 4 nitrogen and oxygen atoms in total. The molecule has 1 atom stereocenters. The van der Waals surface area contributed by atoms with Crippen LogP contribution in [0, 0.1) is 11.6 Å². The maximum atomic E-state index is 13.0. The fraction of sp³-hybridized carbons (Fsp3) is 0.429.